The third-order valence-electron chi connectivity index (χ3n) is 3.37. The first-order valence-electron chi connectivity index (χ1n) is 7.23. The lowest BCUT2D eigenvalue weighted by Gasteiger charge is -2.10. The molecule has 0 heterocycles. The number of benzene rings is 2. The Morgan fingerprint density at radius 1 is 1.00 bits per heavy atom. The van der Waals surface area contributed by atoms with Crippen LogP contribution in [0.4, 0.5) is 0 Å². The van der Waals surface area contributed by atoms with Crippen LogP contribution in [-0.4, -0.2) is 20.3 Å². The first-order chi connectivity index (χ1) is 10.2. The minimum atomic E-state index is 0.750. The number of aryl methyl sites for hydroxylation is 2. The SMILES string of the molecule is COCCNCc1ccc(Sc2ccc(C)cc2)cc1C. The second-order valence-electron chi connectivity index (χ2n) is 5.17. The van der Waals surface area contributed by atoms with Crippen molar-refractivity contribution < 1.29 is 4.74 Å². The van der Waals surface area contributed by atoms with Crippen LogP contribution in [0, 0.1) is 13.8 Å². The predicted molar refractivity (Wildman–Crippen MR) is 90.1 cm³/mol. The van der Waals surface area contributed by atoms with Gasteiger partial charge in [-0.3, -0.25) is 0 Å². The van der Waals surface area contributed by atoms with E-state index in [1.54, 1.807) is 7.11 Å². The Bertz CT molecular complexity index is 566. The molecule has 0 amide bonds. The summed E-state index contributed by atoms with van der Waals surface area (Å²) in [4.78, 5) is 2.57. The highest BCUT2D eigenvalue weighted by Gasteiger charge is 2.02. The van der Waals surface area contributed by atoms with Crippen molar-refractivity contribution >= 4 is 11.8 Å². The highest BCUT2D eigenvalue weighted by Crippen LogP contribution is 2.29. The van der Waals surface area contributed by atoms with Crippen molar-refractivity contribution in [3.8, 4) is 0 Å². The zero-order chi connectivity index (χ0) is 15.1. The van der Waals surface area contributed by atoms with Crippen LogP contribution < -0.4 is 5.32 Å². The van der Waals surface area contributed by atoms with Gasteiger partial charge in [-0.25, -0.2) is 0 Å². The van der Waals surface area contributed by atoms with E-state index >= 15 is 0 Å². The molecule has 1 N–H and O–H groups in total. The van der Waals surface area contributed by atoms with E-state index in [1.165, 1.54) is 26.5 Å². The fourth-order valence-electron chi connectivity index (χ4n) is 2.07. The molecule has 0 saturated heterocycles. The molecule has 21 heavy (non-hydrogen) atoms. The monoisotopic (exact) mass is 301 g/mol. The molecule has 0 unspecified atom stereocenters. The summed E-state index contributed by atoms with van der Waals surface area (Å²) in [7, 11) is 1.73. The highest BCUT2D eigenvalue weighted by molar-refractivity contribution is 7.99. The summed E-state index contributed by atoms with van der Waals surface area (Å²) < 4.78 is 5.04. The average Bonchev–Trinajstić information content (AvgIpc) is 2.48. The lowest BCUT2D eigenvalue weighted by molar-refractivity contribution is 0.199. The fourth-order valence-corrected chi connectivity index (χ4v) is 2.99. The van der Waals surface area contributed by atoms with Gasteiger partial charge in [0, 0.05) is 30.0 Å². The molecule has 0 bridgehead atoms. The highest BCUT2D eigenvalue weighted by atomic mass is 32.2. The van der Waals surface area contributed by atoms with Crippen molar-refractivity contribution in [1.82, 2.24) is 5.32 Å². The molecule has 0 spiro atoms. The van der Waals surface area contributed by atoms with Gasteiger partial charge in [-0.15, -0.1) is 0 Å². The molecule has 0 fully saturated rings. The van der Waals surface area contributed by atoms with Gasteiger partial charge >= 0.3 is 0 Å². The summed E-state index contributed by atoms with van der Waals surface area (Å²) in [5, 5.41) is 3.39. The average molecular weight is 301 g/mol. The number of ether oxygens (including phenoxy) is 1. The van der Waals surface area contributed by atoms with Gasteiger partial charge in [0.25, 0.3) is 0 Å². The van der Waals surface area contributed by atoms with Crippen LogP contribution >= 0.6 is 11.8 Å². The zero-order valence-corrected chi connectivity index (χ0v) is 13.8. The Kier molecular flexibility index (Phi) is 6.30. The first kappa shape index (κ1) is 16.1. The van der Waals surface area contributed by atoms with Crippen LogP contribution in [0.2, 0.25) is 0 Å². The molecular formula is C18H23NOS. The van der Waals surface area contributed by atoms with E-state index < -0.39 is 0 Å². The number of nitrogens with one attached hydrogen (secondary N) is 1. The van der Waals surface area contributed by atoms with Gasteiger partial charge in [0.15, 0.2) is 0 Å². The minimum absolute atomic E-state index is 0.750. The van der Waals surface area contributed by atoms with E-state index in [9.17, 15) is 0 Å². The molecule has 0 aliphatic rings. The molecule has 2 rings (SSSR count). The Hall–Kier alpha value is -1.29. The maximum Gasteiger partial charge on any atom is 0.0587 e. The van der Waals surface area contributed by atoms with Crippen molar-refractivity contribution in [3.05, 3.63) is 59.2 Å². The lowest BCUT2D eigenvalue weighted by Crippen LogP contribution is -2.19. The smallest absolute Gasteiger partial charge is 0.0587 e. The Labute approximate surface area is 131 Å². The third-order valence-corrected chi connectivity index (χ3v) is 4.37. The molecular weight excluding hydrogens is 278 g/mol. The van der Waals surface area contributed by atoms with Gasteiger partial charge in [0.2, 0.25) is 0 Å². The zero-order valence-electron chi connectivity index (χ0n) is 13.0. The summed E-state index contributed by atoms with van der Waals surface area (Å²) >= 11 is 1.81. The van der Waals surface area contributed by atoms with E-state index in [2.05, 4.69) is 61.6 Å². The fraction of sp³-hybridized carbons (Fsp3) is 0.333. The van der Waals surface area contributed by atoms with Crippen LogP contribution in [0.5, 0.6) is 0 Å². The number of hydrogen-bond acceptors (Lipinski definition) is 3. The molecule has 0 aliphatic heterocycles. The van der Waals surface area contributed by atoms with Crippen molar-refractivity contribution in [2.75, 3.05) is 20.3 Å². The lowest BCUT2D eigenvalue weighted by atomic mass is 10.1. The largest absolute Gasteiger partial charge is 0.383 e. The Balaban J connectivity index is 1.96. The summed E-state index contributed by atoms with van der Waals surface area (Å²) in [6.45, 7) is 6.82. The molecule has 0 radical (unpaired) electrons. The molecule has 0 atom stereocenters. The summed E-state index contributed by atoms with van der Waals surface area (Å²) in [5.41, 5.74) is 3.98. The van der Waals surface area contributed by atoms with E-state index in [0.717, 1.165) is 19.7 Å². The number of hydrogen-bond donors (Lipinski definition) is 1. The van der Waals surface area contributed by atoms with Crippen LogP contribution in [-0.2, 0) is 11.3 Å². The van der Waals surface area contributed by atoms with Crippen LogP contribution in [0.3, 0.4) is 0 Å². The molecule has 2 aromatic carbocycles. The van der Waals surface area contributed by atoms with Crippen molar-refractivity contribution in [1.29, 1.82) is 0 Å². The maximum atomic E-state index is 5.04. The Morgan fingerprint density at radius 2 is 1.71 bits per heavy atom. The Morgan fingerprint density at radius 3 is 2.38 bits per heavy atom. The van der Waals surface area contributed by atoms with E-state index in [4.69, 9.17) is 4.74 Å². The topological polar surface area (TPSA) is 21.3 Å². The van der Waals surface area contributed by atoms with Gasteiger partial charge in [-0.1, -0.05) is 35.5 Å². The molecule has 0 aromatic heterocycles. The standard InChI is InChI=1S/C18H23NOS/c1-14-4-7-17(8-5-14)21-18-9-6-16(15(2)12-18)13-19-10-11-20-3/h4-9,12,19H,10-11,13H2,1-3H3. The first-order valence-corrected chi connectivity index (χ1v) is 8.04. The van der Waals surface area contributed by atoms with Crippen molar-refractivity contribution in [2.24, 2.45) is 0 Å². The molecule has 0 aliphatic carbocycles. The van der Waals surface area contributed by atoms with E-state index in [-0.39, 0.29) is 0 Å². The molecule has 112 valence electrons. The van der Waals surface area contributed by atoms with E-state index in [0.29, 0.717) is 0 Å². The summed E-state index contributed by atoms with van der Waals surface area (Å²) in [5.74, 6) is 0. The van der Waals surface area contributed by atoms with Gasteiger partial charge in [0.1, 0.15) is 0 Å². The second-order valence-corrected chi connectivity index (χ2v) is 6.32. The normalized spacial score (nSPS) is 10.8. The summed E-state index contributed by atoms with van der Waals surface area (Å²) in [6.07, 6.45) is 0. The minimum Gasteiger partial charge on any atom is -0.383 e. The van der Waals surface area contributed by atoms with Gasteiger partial charge in [0.05, 0.1) is 6.61 Å². The second kappa shape index (κ2) is 8.23. The summed E-state index contributed by atoms with van der Waals surface area (Å²) in [6, 6.07) is 15.3. The van der Waals surface area contributed by atoms with E-state index in [1.807, 2.05) is 11.8 Å². The number of methoxy groups -OCH3 is 1. The quantitative estimate of drug-likeness (QED) is 0.775. The molecule has 3 heteroatoms. The van der Waals surface area contributed by atoms with Crippen molar-refractivity contribution in [3.63, 3.8) is 0 Å². The van der Waals surface area contributed by atoms with Gasteiger partial charge < -0.3 is 10.1 Å². The number of rotatable bonds is 7. The molecule has 2 aromatic rings. The van der Waals surface area contributed by atoms with Crippen LogP contribution in [0.25, 0.3) is 0 Å². The van der Waals surface area contributed by atoms with Crippen LogP contribution in [0.1, 0.15) is 16.7 Å². The van der Waals surface area contributed by atoms with Crippen LogP contribution in [0.15, 0.2) is 52.3 Å². The maximum absolute atomic E-state index is 5.04. The molecule has 2 nitrogen and oxygen atoms in total. The van der Waals surface area contributed by atoms with Gasteiger partial charge in [-0.2, -0.15) is 0 Å². The third kappa shape index (κ3) is 5.20. The predicted octanol–water partition coefficient (Wildman–Crippen LogP) is 4.19. The van der Waals surface area contributed by atoms with Crippen molar-refractivity contribution in [2.45, 2.75) is 30.2 Å². The van der Waals surface area contributed by atoms with Gasteiger partial charge in [-0.05, 0) is 49.2 Å². The molecule has 0 saturated carbocycles.